The summed E-state index contributed by atoms with van der Waals surface area (Å²) in [6, 6.07) is 12.1. The number of hydrogen-bond donors (Lipinski definition) is 1. The zero-order valence-corrected chi connectivity index (χ0v) is 12.6. The van der Waals surface area contributed by atoms with Crippen LogP contribution in [0, 0.1) is 26.6 Å². The lowest BCUT2D eigenvalue weighted by Gasteiger charge is -2.19. The summed E-state index contributed by atoms with van der Waals surface area (Å²) in [7, 11) is 1.88. The van der Waals surface area contributed by atoms with E-state index in [2.05, 4.69) is 37.4 Å². The van der Waals surface area contributed by atoms with Crippen molar-refractivity contribution in [2.45, 2.75) is 33.2 Å². The standard InChI is InChI=1S/C18H22FN/c1-12-8-13(2)10-15(9-12)11-17(20-4)16-7-5-6-14(3)18(16)19/h5-10,17,20H,11H2,1-4H3. The lowest BCUT2D eigenvalue weighted by atomic mass is 9.95. The maximum Gasteiger partial charge on any atom is 0.130 e. The summed E-state index contributed by atoms with van der Waals surface area (Å²) in [6.07, 6.45) is 0.791. The average molecular weight is 271 g/mol. The molecular weight excluding hydrogens is 249 g/mol. The highest BCUT2D eigenvalue weighted by atomic mass is 19.1. The van der Waals surface area contributed by atoms with Gasteiger partial charge in [-0.15, -0.1) is 0 Å². The number of benzene rings is 2. The van der Waals surface area contributed by atoms with Crippen molar-refractivity contribution in [2.75, 3.05) is 7.05 Å². The molecule has 2 heteroatoms. The van der Waals surface area contributed by atoms with Crippen LogP contribution in [0.3, 0.4) is 0 Å². The summed E-state index contributed by atoms with van der Waals surface area (Å²) in [5.74, 6) is -0.101. The van der Waals surface area contributed by atoms with E-state index in [9.17, 15) is 4.39 Å². The Bertz CT molecular complexity index is 584. The fraction of sp³-hybridized carbons (Fsp3) is 0.333. The van der Waals surface area contributed by atoms with Crippen molar-refractivity contribution in [2.24, 2.45) is 0 Å². The van der Waals surface area contributed by atoms with Crippen LogP contribution in [-0.2, 0) is 6.42 Å². The molecule has 0 heterocycles. The average Bonchev–Trinajstić information content (AvgIpc) is 2.38. The number of nitrogens with one attached hydrogen (secondary N) is 1. The number of hydrogen-bond acceptors (Lipinski definition) is 1. The second-order valence-corrected chi connectivity index (χ2v) is 5.52. The first-order valence-corrected chi connectivity index (χ1v) is 7.00. The van der Waals surface area contributed by atoms with E-state index in [0.29, 0.717) is 5.56 Å². The van der Waals surface area contributed by atoms with Crippen LogP contribution in [0.25, 0.3) is 0 Å². The Balaban J connectivity index is 2.31. The normalized spacial score (nSPS) is 12.4. The minimum atomic E-state index is -0.101. The van der Waals surface area contributed by atoms with Crippen LogP contribution < -0.4 is 5.32 Å². The number of aryl methyl sites for hydroxylation is 3. The van der Waals surface area contributed by atoms with Crippen LogP contribution in [0.4, 0.5) is 4.39 Å². The molecule has 2 aromatic carbocycles. The lowest BCUT2D eigenvalue weighted by molar-refractivity contribution is 0.529. The number of halogens is 1. The molecule has 1 N–H and O–H groups in total. The molecule has 106 valence electrons. The van der Waals surface area contributed by atoms with Crippen molar-refractivity contribution >= 4 is 0 Å². The van der Waals surface area contributed by atoms with E-state index in [-0.39, 0.29) is 11.9 Å². The number of likely N-dealkylation sites (N-methyl/N-ethyl adjacent to an activating group) is 1. The highest BCUT2D eigenvalue weighted by Crippen LogP contribution is 2.23. The van der Waals surface area contributed by atoms with Gasteiger partial charge in [-0.25, -0.2) is 4.39 Å². The lowest BCUT2D eigenvalue weighted by Crippen LogP contribution is -2.20. The molecule has 0 amide bonds. The van der Waals surface area contributed by atoms with Gasteiger partial charge in [0.1, 0.15) is 5.82 Å². The summed E-state index contributed by atoms with van der Waals surface area (Å²) in [5.41, 5.74) is 5.18. The molecule has 0 radical (unpaired) electrons. The molecule has 0 aliphatic heterocycles. The maximum atomic E-state index is 14.3. The van der Waals surface area contributed by atoms with Gasteiger partial charge in [-0.05, 0) is 45.4 Å². The largest absolute Gasteiger partial charge is 0.313 e. The zero-order valence-electron chi connectivity index (χ0n) is 12.6. The van der Waals surface area contributed by atoms with Gasteiger partial charge in [0.05, 0.1) is 0 Å². The second-order valence-electron chi connectivity index (χ2n) is 5.52. The quantitative estimate of drug-likeness (QED) is 0.876. The Morgan fingerprint density at radius 1 is 1.05 bits per heavy atom. The van der Waals surface area contributed by atoms with Crippen molar-refractivity contribution in [1.29, 1.82) is 0 Å². The van der Waals surface area contributed by atoms with Gasteiger partial charge in [-0.3, -0.25) is 0 Å². The van der Waals surface area contributed by atoms with Gasteiger partial charge in [-0.2, -0.15) is 0 Å². The van der Waals surface area contributed by atoms with Gasteiger partial charge in [0.2, 0.25) is 0 Å². The van der Waals surface area contributed by atoms with Gasteiger partial charge < -0.3 is 5.32 Å². The summed E-state index contributed by atoms with van der Waals surface area (Å²) >= 11 is 0. The molecular formula is C18H22FN. The fourth-order valence-corrected chi connectivity index (χ4v) is 2.73. The van der Waals surface area contributed by atoms with E-state index in [0.717, 1.165) is 12.0 Å². The number of rotatable bonds is 4. The van der Waals surface area contributed by atoms with Gasteiger partial charge in [-0.1, -0.05) is 47.5 Å². The molecule has 1 nitrogen and oxygen atoms in total. The van der Waals surface area contributed by atoms with E-state index in [1.165, 1.54) is 16.7 Å². The maximum absolute atomic E-state index is 14.3. The van der Waals surface area contributed by atoms with E-state index in [1.54, 1.807) is 0 Å². The summed E-state index contributed by atoms with van der Waals surface area (Å²) in [4.78, 5) is 0. The first-order valence-electron chi connectivity index (χ1n) is 7.00. The van der Waals surface area contributed by atoms with Crippen molar-refractivity contribution in [3.8, 4) is 0 Å². The SMILES string of the molecule is CNC(Cc1cc(C)cc(C)c1)c1cccc(C)c1F. The van der Waals surface area contributed by atoms with Crippen LogP contribution in [0.2, 0.25) is 0 Å². The molecule has 1 atom stereocenters. The minimum absolute atomic E-state index is 0.00361. The van der Waals surface area contributed by atoms with E-state index < -0.39 is 0 Å². The predicted octanol–water partition coefficient (Wildman–Crippen LogP) is 4.25. The van der Waals surface area contributed by atoms with Crippen molar-refractivity contribution in [3.05, 3.63) is 70.0 Å². The molecule has 2 aromatic rings. The Hall–Kier alpha value is -1.67. The van der Waals surface area contributed by atoms with Crippen molar-refractivity contribution < 1.29 is 4.39 Å². The van der Waals surface area contributed by atoms with Crippen LogP contribution >= 0.6 is 0 Å². The molecule has 2 rings (SSSR count). The molecule has 20 heavy (non-hydrogen) atoms. The Morgan fingerprint density at radius 3 is 2.30 bits per heavy atom. The van der Waals surface area contributed by atoms with Gasteiger partial charge >= 0.3 is 0 Å². The van der Waals surface area contributed by atoms with Crippen LogP contribution in [0.1, 0.15) is 33.9 Å². The molecule has 0 aromatic heterocycles. The van der Waals surface area contributed by atoms with Gasteiger partial charge in [0, 0.05) is 11.6 Å². The second kappa shape index (κ2) is 6.19. The van der Waals surface area contributed by atoms with Crippen LogP contribution in [0.5, 0.6) is 0 Å². The molecule has 0 bridgehead atoms. The van der Waals surface area contributed by atoms with Crippen LogP contribution in [-0.4, -0.2) is 7.05 Å². The predicted molar refractivity (Wildman–Crippen MR) is 82.6 cm³/mol. The third kappa shape index (κ3) is 3.26. The van der Waals surface area contributed by atoms with Gasteiger partial charge in [0.15, 0.2) is 0 Å². The molecule has 1 unspecified atom stereocenters. The van der Waals surface area contributed by atoms with E-state index in [4.69, 9.17) is 0 Å². The monoisotopic (exact) mass is 271 g/mol. The third-order valence-corrected chi connectivity index (χ3v) is 3.67. The van der Waals surface area contributed by atoms with Crippen LogP contribution in [0.15, 0.2) is 36.4 Å². The molecule has 0 saturated carbocycles. The summed E-state index contributed by atoms with van der Waals surface area (Å²) < 4.78 is 14.3. The molecule has 0 aliphatic rings. The Morgan fingerprint density at radius 2 is 1.70 bits per heavy atom. The molecule has 0 spiro atoms. The van der Waals surface area contributed by atoms with Crippen molar-refractivity contribution in [1.82, 2.24) is 5.32 Å². The first kappa shape index (κ1) is 14.7. The highest BCUT2D eigenvalue weighted by Gasteiger charge is 2.16. The van der Waals surface area contributed by atoms with E-state index in [1.807, 2.05) is 32.2 Å². The molecule has 0 saturated heterocycles. The summed E-state index contributed by atoms with van der Waals surface area (Å²) in [5, 5.41) is 3.23. The summed E-state index contributed by atoms with van der Waals surface area (Å²) in [6.45, 7) is 6.00. The fourth-order valence-electron chi connectivity index (χ4n) is 2.73. The topological polar surface area (TPSA) is 12.0 Å². The first-order chi connectivity index (χ1) is 9.51. The Kier molecular flexibility index (Phi) is 4.56. The third-order valence-electron chi connectivity index (χ3n) is 3.67. The minimum Gasteiger partial charge on any atom is -0.313 e. The molecule has 0 fully saturated rings. The molecule has 0 aliphatic carbocycles. The highest BCUT2D eigenvalue weighted by molar-refractivity contribution is 5.32. The van der Waals surface area contributed by atoms with Gasteiger partial charge in [0.25, 0.3) is 0 Å². The zero-order chi connectivity index (χ0) is 14.7. The van der Waals surface area contributed by atoms with Crippen molar-refractivity contribution in [3.63, 3.8) is 0 Å². The van der Waals surface area contributed by atoms with E-state index >= 15 is 0 Å². The smallest absolute Gasteiger partial charge is 0.130 e. The Labute approximate surface area is 120 Å².